The number of hydrogen-bond donors (Lipinski definition) is 1. The number of alkyl halides is 5. The summed E-state index contributed by atoms with van der Waals surface area (Å²) < 4.78 is 74.5. The molecule has 3 aromatic rings. The standard InChI is InChI=1S/C20H13F5N6O2S/c1-18(21,22)16-14(20(23,24)25)15(31(2)29-16)10-6-11(33-30-10)12-5-9(13(7-26)34-12)17(32)28-19(8-27)3-4-19/h5-6H,3-4H2,1-2H3,(H,28,32). The minimum absolute atomic E-state index is 0.0105. The highest BCUT2D eigenvalue weighted by molar-refractivity contribution is 7.16. The fraction of sp³-hybridized carbons (Fsp3) is 0.350. The van der Waals surface area contributed by atoms with Crippen molar-refractivity contribution in [2.45, 2.75) is 37.4 Å². The molecule has 0 radical (unpaired) electrons. The fourth-order valence-electron chi connectivity index (χ4n) is 3.34. The molecule has 1 amide bonds. The minimum Gasteiger partial charge on any atom is -0.355 e. The van der Waals surface area contributed by atoms with Crippen LogP contribution in [0.5, 0.6) is 0 Å². The van der Waals surface area contributed by atoms with Gasteiger partial charge in [-0.3, -0.25) is 9.48 Å². The van der Waals surface area contributed by atoms with Gasteiger partial charge in [0.15, 0.2) is 5.76 Å². The van der Waals surface area contributed by atoms with E-state index in [0.29, 0.717) is 24.4 Å². The second-order valence-electron chi connectivity index (χ2n) is 7.77. The van der Waals surface area contributed by atoms with E-state index in [2.05, 4.69) is 15.6 Å². The highest BCUT2D eigenvalue weighted by Crippen LogP contribution is 2.44. The van der Waals surface area contributed by atoms with Gasteiger partial charge in [0, 0.05) is 20.0 Å². The number of halogens is 5. The minimum atomic E-state index is -5.15. The van der Waals surface area contributed by atoms with Crippen LogP contribution in [0.15, 0.2) is 16.7 Å². The summed E-state index contributed by atoms with van der Waals surface area (Å²) in [5, 5.41) is 28.0. The van der Waals surface area contributed by atoms with Gasteiger partial charge in [0.05, 0.1) is 16.5 Å². The first kappa shape index (κ1) is 23.4. The Kier molecular flexibility index (Phi) is 5.25. The molecule has 0 unspecified atom stereocenters. The number of nitriles is 2. The lowest BCUT2D eigenvalue weighted by molar-refractivity contribution is -0.141. The van der Waals surface area contributed by atoms with Crippen LogP contribution in [0, 0.1) is 22.7 Å². The monoisotopic (exact) mass is 496 g/mol. The molecule has 1 saturated carbocycles. The molecular weight excluding hydrogens is 483 g/mol. The van der Waals surface area contributed by atoms with Gasteiger partial charge >= 0.3 is 6.18 Å². The SMILES string of the molecule is Cn1nc(C(C)(F)F)c(C(F)(F)F)c1-c1cc(-c2cc(C(=O)NC3(C#N)CC3)c(C#N)s2)on1. The molecule has 8 nitrogen and oxygen atoms in total. The molecule has 3 heterocycles. The summed E-state index contributed by atoms with van der Waals surface area (Å²) in [5.41, 5.74) is -5.23. The lowest BCUT2D eigenvalue weighted by atomic mass is 10.1. The molecular formula is C20H13F5N6O2S. The third kappa shape index (κ3) is 4.01. The summed E-state index contributed by atoms with van der Waals surface area (Å²) in [5.74, 6) is -4.61. The summed E-state index contributed by atoms with van der Waals surface area (Å²) >= 11 is 0.824. The van der Waals surface area contributed by atoms with Crippen LogP contribution in [-0.4, -0.2) is 26.4 Å². The van der Waals surface area contributed by atoms with Crippen molar-refractivity contribution in [1.29, 1.82) is 10.5 Å². The fourth-order valence-corrected chi connectivity index (χ4v) is 4.24. The van der Waals surface area contributed by atoms with Crippen LogP contribution in [0.4, 0.5) is 22.0 Å². The number of aryl methyl sites for hydroxylation is 1. The van der Waals surface area contributed by atoms with E-state index in [1.807, 2.05) is 12.1 Å². The Morgan fingerprint density at radius 3 is 2.47 bits per heavy atom. The van der Waals surface area contributed by atoms with E-state index in [1.165, 1.54) is 6.07 Å². The number of nitrogens with zero attached hydrogens (tertiary/aromatic N) is 5. The van der Waals surface area contributed by atoms with Crippen LogP contribution in [-0.2, 0) is 19.1 Å². The van der Waals surface area contributed by atoms with Crippen molar-refractivity contribution in [3.63, 3.8) is 0 Å². The predicted molar refractivity (Wildman–Crippen MR) is 106 cm³/mol. The number of rotatable bonds is 5. The first-order valence-electron chi connectivity index (χ1n) is 9.57. The van der Waals surface area contributed by atoms with E-state index in [4.69, 9.17) is 9.78 Å². The lowest BCUT2D eigenvalue weighted by Crippen LogP contribution is -2.35. The summed E-state index contributed by atoms with van der Waals surface area (Å²) in [6.45, 7) is 0.308. The van der Waals surface area contributed by atoms with Crippen molar-refractivity contribution < 1.29 is 31.3 Å². The molecule has 0 aliphatic heterocycles. The number of carbonyl (C=O) groups is 1. The second kappa shape index (κ2) is 7.63. The topological polar surface area (TPSA) is 121 Å². The first-order chi connectivity index (χ1) is 15.8. The van der Waals surface area contributed by atoms with Gasteiger partial charge in [-0.05, 0) is 18.9 Å². The molecule has 14 heteroatoms. The molecule has 1 N–H and O–H groups in total. The second-order valence-corrected chi connectivity index (χ2v) is 8.82. The first-order valence-corrected chi connectivity index (χ1v) is 10.4. The van der Waals surface area contributed by atoms with Crippen molar-refractivity contribution in [1.82, 2.24) is 20.3 Å². The Morgan fingerprint density at radius 2 is 1.94 bits per heavy atom. The average molecular weight is 496 g/mol. The third-order valence-corrected chi connectivity index (χ3v) is 6.19. The van der Waals surface area contributed by atoms with Crippen molar-refractivity contribution in [2.24, 2.45) is 7.05 Å². The van der Waals surface area contributed by atoms with Crippen LogP contribution in [0.1, 0.15) is 46.3 Å². The number of carbonyl (C=O) groups excluding carboxylic acids is 1. The van der Waals surface area contributed by atoms with Gasteiger partial charge in [-0.2, -0.15) is 37.6 Å². The summed E-state index contributed by atoms with van der Waals surface area (Å²) in [6.07, 6.45) is -4.20. The van der Waals surface area contributed by atoms with E-state index in [9.17, 15) is 32.0 Å². The van der Waals surface area contributed by atoms with E-state index in [-0.39, 0.29) is 21.1 Å². The van der Waals surface area contributed by atoms with Crippen LogP contribution < -0.4 is 5.32 Å². The molecule has 34 heavy (non-hydrogen) atoms. The molecule has 176 valence electrons. The number of thiophene rings is 1. The molecule has 0 atom stereocenters. The summed E-state index contributed by atoms with van der Waals surface area (Å²) in [7, 11) is 1.07. The maximum Gasteiger partial charge on any atom is 0.420 e. The van der Waals surface area contributed by atoms with Gasteiger partial charge in [0.2, 0.25) is 0 Å². The molecule has 0 saturated heterocycles. The molecule has 0 aromatic carbocycles. The van der Waals surface area contributed by atoms with Gasteiger partial charge < -0.3 is 9.84 Å². The van der Waals surface area contributed by atoms with Crippen molar-refractivity contribution in [3.8, 4) is 34.2 Å². The average Bonchev–Trinajstić information content (AvgIpc) is 3.11. The number of nitrogens with one attached hydrogen (secondary N) is 1. The van der Waals surface area contributed by atoms with Gasteiger partial charge in [-0.1, -0.05) is 5.16 Å². The largest absolute Gasteiger partial charge is 0.420 e. The molecule has 1 fully saturated rings. The van der Waals surface area contributed by atoms with E-state index >= 15 is 0 Å². The maximum absolute atomic E-state index is 13.8. The van der Waals surface area contributed by atoms with Crippen molar-refractivity contribution in [2.75, 3.05) is 0 Å². The van der Waals surface area contributed by atoms with E-state index in [1.54, 1.807) is 0 Å². The van der Waals surface area contributed by atoms with E-state index < -0.39 is 46.2 Å². The van der Waals surface area contributed by atoms with Crippen LogP contribution >= 0.6 is 11.3 Å². The molecule has 0 bridgehead atoms. The van der Waals surface area contributed by atoms with Crippen LogP contribution in [0.3, 0.4) is 0 Å². The van der Waals surface area contributed by atoms with Gasteiger partial charge in [-0.15, -0.1) is 11.3 Å². The van der Waals surface area contributed by atoms with Crippen molar-refractivity contribution in [3.05, 3.63) is 33.8 Å². The predicted octanol–water partition coefficient (Wildman–Crippen LogP) is 4.59. The molecule has 1 aliphatic rings. The highest BCUT2D eigenvalue weighted by atomic mass is 32.1. The van der Waals surface area contributed by atoms with Gasteiger partial charge in [0.1, 0.15) is 39.1 Å². The number of hydrogen-bond acceptors (Lipinski definition) is 7. The molecule has 4 rings (SSSR count). The zero-order chi connectivity index (χ0) is 25.1. The van der Waals surface area contributed by atoms with Crippen LogP contribution in [0.2, 0.25) is 0 Å². The highest BCUT2D eigenvalue weighted by Gasteiger charge is 2.47. The lowest BCUT2D eigenvalue weighted by Gasteiger charge is -2.12. The Hall–Kier alpha value is -3.78. The quantitative estimate of drug-likeness (QED) is 0.516. The van der Waals surface area contributed by atoms with Crippen LogP contribution in [0.25, 0.3) is 22.0 Å². The Bertz CT molecular complexity index is 1380. The maximum atomic E-state index is 13.8. The summed E-state index contributed by atoms with van der Waals surface area (Å²) in [4.78, 5) is 12.7. The Labute approximate surface area is 192 Å². The number of aromatic nitrogens is 3. The van der Waals surface area contributed by atoms with Gasteiger partial charge in [0.25, 0.3) is 11.8 Å². The van der Waals surface area contributed by atoms with Crippen molar-refractivity contribution >= 4 is 17.2 Å². The Balaban J connectivity index is 1.74. The smallest absolute Gasteiger partial charge is 0.355 e. The third-order valence-electron chi connectivity index (χ3n) is 5.14. The molecule has 1 aliphatic carbocycles. The normalized spacial score (nSPS) is 15.0. The zero-order valence-corrected chi connectivity index (χ0v) is 18.2. The zero-order valence-electron chi connectivity index (χ0n) is 17.4. The summed E-state index contributed by atoms with van der Waals surface area (Å²) in [6, 6.07) is 6.21. The number of amides is 1. The van der Waals surface area contributed by atoms with E-state index in [0.717, 1.165) is 24.5 Å². The molecule has 3 aromatic heterocycles. The van der Waals surface area contributed by atoms with Gasteiger partial charge in [-0.25, -0.2) is 0 Å². The molecule has 0 spiro atoms. The Morgan fingerprint density at radius 1 is 1.26 bits per heavy atom.